The van der Waals surface area contributed by atoms with Gasteiger partial charge in [0.1, 0.15) is 0 Å². The van der Waals surface area contributed by atoms with Gasteiger partial charge in [0.25, 0.3) is 5.56 Å². The van der Waals surface area contributed by atoms with Crippen LogP contribution in [0.2, 0.25) is 0 Å². The first-order valence-corrected chi connectivity index (χ1v) is 6.45. The number of pyridine rings is 1. The maximum atomic E-state index is 11.0. The first-order valence-electron chi connectivity index (χ1n) is 6.45. The summed E-state index contributed by atoms with van der Waals surface area (Å²) in [5, 5.41) is 0. The van der Waals surface area contributed by atoms with Crippen molar-refractivity contribution >= 4 is 0 Å². The van der Waals surface area contributed by atoms with Gasteiger partial charge in [-0.2, -0.15) is 0 Å². The molecule has 0 saturated heterocycles. The molecule has 1 radical (unpaired) electrons. The van der Waals surface area contributed by atoms with Gasteiger partial charge in [-0.1, -0.05) is 42.2 Å². The topological polar surface area (TPSA) is 47.8 Å². The smallest absolute Gasteiger partial charge is 0.269 e. The van der Waals surface area contributed by atoms with E-state index in [0.717, 1.165) is 5.69 Å². The molecule has 0 aromatic carbocycles. The fraction of sp³-hybridized carbons (Fsp3) is 0.500. The summed E-state index contributed by atoms with van der Waals surface area (Å²) in [6.07, 6.45) is 6.45. The van der Waals surface area contributed by atoms with Crippen LogP contribution in [0.3, 0.4) is 0 Å². The van der Waals surface area contributed by atoms with E-state index < -0.39 is 0 Å². The van der Waals surface area contributed by atoms with Crippen LogP contribution < -0.4 is 5.56 Å². The predicted molar refractivity (Wildman–Crippen MR) is 97.4 cm³/mol. The molecule has 0 saturated carbocycles. The molecule has 2 aromatic rings. The molecule has 2 aromatic heterocycles. The summed E-state index contributed by atoms with van der Waals surface area (Å²) in [5.41, 5.74) is 1.12. The van der Waals surface area contributed by atoms with Gasteiger partial charge in [-0.25, -0.2) is 0 Å². The average Bonchev–Trinajstić information content (AvgIpc) is 2.40. The molecule has 0 amide bonds. The zero-order valence-corrected chi connectivity index (χ0v) is 15.4. The average molecular weight is 396 g/mol. The molecule has 0 unspecified atom stereocenters. The van der Waals surface area contributed by atoms with E-state index in [4.69, 9.17) is 0 Å². The van der Waals surface area contributed by atoms with Crippen LogP contribution in [-0.2, 0) is 32.7 Å². The van der Waals surface area contributed by atoms with Crippen LogP contribution in [0, 0.1) is 0 Å². The van der Waals surface area contributed by atoms with Crippen molar-refractivity contribution in [1.29, 1.82) is 0 Å². The van der Waals surface area contributed by atoms with Gasteiger partial charge in [0, 0.05) is 63.0 Å². The molecule has 0 spiro atoms. The third-order valence-electron chi connectivity index (χ3n) is 2.59. The summed E-state index contributed by atoms with van der Waals surface area (Å²) in [5.74, 6) is 0.547. The van der Waals surface area contributed by atoms with Crippen molar-refractivity contribution in [3.05, 3.63) is 59.0 Å². The molecule has 0 aliphatic heterocycles. The van der Waals surface area contributed by atoms with Gasteiger partial charge >= 0.3 is 0 Å². The Morgan fingerprint density at radius 3 is 1.91 bits per heavy atom. The fourth-order valence-electron chi connectivity index (χ4n) is 1.50. The zero-order valence-electron chi connectivity index (χ0n) is 12.5. The van der Waals surface area contributed by atoms with E-state index in [1.807, 2.05) is 38.2 Å². The molecule has 2 rings (SSSR count). The predicted octanol–water partition coefficient (Wildman–Crippen LogP) is 4.94. The maximum Gasteiger partial charge on any atom is 0.269 e. The summed E-state index contributed by atoms with van der Waals surface area (Å²) >= 11 is 0. The van der Waals surface area contributed by atoms with Crippen LogP contribution in [0.4, 0.5) is 0 Å². The monoisotopic (exact) mass is 396 g/mol. The molecule has 4 nitrogen and oxygen atoms in total. The molecule has 0 aliphatic carbocycles. The van der Waals surface area contributed by atoms with Gasteiger partial charge in [0.15, 0.2) is 0 Å². The Morgan fingerprint density at radius 1 is 1.00 bits per heavy atom. The Labute approximate surface area is 167 Å². The number of nitrogens with zero attached hydrogens (tertiary/aromatic N) is 3. The fourth-order valence-corrected chi connectivity index (χ4v) is 1.50. The van der Waals surface area contributed by atoms with E-state index in [1.165, 1.54) is 6.20 Å². The minimum Gasteiger partial charge on any atom is -0.310 e. The van der Waals surface area contributed by atoms with E-state index in [2.05, 4.69) is 23.8 Å². The first-order chi connectivity index (χ1) is 9.02. The van der Waals surface area contributed by atoms with Crippen molar-refractivity contribution in [2.75, 3.05) is 0 Å². The maximum absolute atomic E-state index is 11.0. The van der Waals surface area contributed by atoms with Gasteiger partial charge in [-0.15, -0.1) is 0 Å². The molecule has 0 fully saturated rings. The summed E-state index contributed by atoms with van der Waals surface area (Å²) in [6, 6.07) is 6.22. The number of hydrogen-bond donors (Lipinski definition) is 0. The van der Waals surface area contributed by atoms with Crippen LogP contribution in [0.1, 0.15) is 67.6 Å². The van der Waals surface area contributed by atoms with Gasteiger partial charge in [-0.3, -0.25) is 14.8 Å². The van der Waals surface area contributed by atoms with Crippen LogP contribution in [0.25, 0.3) is 0 Å². The van der Waals surface area contributed by atoms with E-state index in [-0.39, 0.29) is 66.6 Å². The molecule has 23 heavy (non-hydrogen) atoms. The van der Waals surface area contributed by atoms with E-state index in [9.17, 15) is 4.79 Å². The number of hydrogen-bond acceptors (Lipinski definition) is 3. The van der Waals surface area contributed by atoms with Crippen molar-refractivity contribution < 1.29 is 32.7 Å². The van der Waals surface area contributed by atoms with E-state index in [1.54, 1.807) is 17.0 Å². The second-order valence-electron chi connectivity index (χ2n) is 4.82. The quantitative estimate of drug-likeness (QED) is 0.723. The van der Waals surface area contributed by atoms with E-state index >= 15 is 0 Å². The number of rotatable bonds is 2. The molecule has 0 N–H and O–H groups in total. The Bertz CT molecular complexity index is 539. The minimum atomic E-state index is -0.0440. The van der Waals surface area contributed by atoms with Gasteiger partial charge < -0.3 is 4.57 Å². The molecular formula is C18H33N3OY. The van der Waals surface area contributed by atoms with E-state index in [0.29, 0.717) is 5.92 Å². The Kier molecular flexibility index (Phi) is 20.9. The van der Waals surface area contributed by atoms with Crippen LogP contribution in [0.15, 0.2) is 47.8 Å². The van der Waals surface area contributed by atoms with Gasteiger partial charge in [0.2, 0.25) is 0 Å². The molecule has 0 atom stereocenters. The summed E-state index contributed by atoms with van der Waals surface area (Å²) in [6.45, 7) is 8.20. The van der Waals surface area contributed by atoms with Gasteiger partial charge in [0.05, 0.1) is 6.20 Å². The second kappa shape index (κ2) is 16.0. The SMILES string of the molecule is C.C.C.CC(C)c1ccccn1.CC(C)n1ccncc1=O.[Y]. The molecule has 0 bridgehead atoms. The van der Waals surface area contributed by atoms with Crippen molar-refractivity contribution in [2.24, 2.45) is 0 Å². The Balaban J connectivity index is -0.000000134. The molecule has 129 valence electrons. The largest absolute Gasteiger partial charge is 0.310 e. The summed E-state index contributed by atoms with van der Waals surface area (Å²) in [7, 11) is 0. The molecule has 0 aliphatic rings. The summed E-state index contributed by atoms with van der Waals surface area (Å²) < 4.78 is 1.63. The van der Waals surface area contributed by atoms with Crippen LogP contribution >= 0.6 is 0 Å². The number of aromatic nitrogens is 3. The zero-order chi connectivity index (χ0) is 14.3. The third kappa shape index (κ3) is 11.3. The first kappa shape index (κ1) is 30.1. The summed E-state index contributed by atoms with van der Waals surface area (Å²) in [4.78, 5) is 18.8. The second-order valence-corrected chi connectivity index (χ2v) is 4.82. The normalized spacial score (nSPS) is 8.43. The Morgan fingerprint density at radius 2 is 1.61 bits per heavy atom. The standard InChI is InChI=1S/C8H11N.C7H10N2O.3CH4.Y/c1-7(2)8-5-3-4-6-9-8;1-6(2)9-4-3-8-5-7(9)10;;;;/h3-7H,1-2H3;3-6H,1-2H3;3*1H4;. The van der Waals surface area contributed by atoms with Crippen molar-refractivity contribution in [2.45, 2.75) is 61.9 Å². The Hall–Kier alpha value is -0.866. The molecular weight excluding hydrogens is 363 g/mol. The van der Waals surface area contributed by atoms with Crippen molar-refractivity contribution in [3.8, 4) is 0 Å². The third-order valence-corrected chi connectivity index (χ3v) is 2.59. The minimum absolute atomic E-state index is 0. The molecule has 5 heteroatoms. The van der Waals surface area contributed by atoms with Gasteiger partial charge in [-0.05, 0) is 31.9 Å². The van der Waals surface area contributed by atoms with Crippen LogP contribution in [-0.4, -0.2) is 14.5 Å². The van der Waals surface area contributed by atoms with Crippen molar-refractivity contribution in [1.82, 2.24) is 14.5 Å². The molecule has 2 heterocycles. The van der Waals surface area contributed by atoms with Crippen LogP contribution in [0.5, 0.6) is 0 Å². The van der Waals surface area contributed by atoms with Crippen molar-refractivity contribution in [3.63, 3.8) is 0 Å².